The first-order valence-electron chi connectivity index (χ1n) is 27.7. The normalized spacial score (nSPS) is 22.3. The summed E-state index contributed by atoms with van der Waals surface area (Å²) in [5, 5.41) is 17.3. The Kier molecular flexibility index (Phi) is 23.4. The number of anilines is 3. The number of ether oxygens (including phenoxy) is 2. The van der Waals surface area contributed by atoms with Crippen molar-refractivity contribution in [3.8, 4) is 0 Å². The molecule has 0 spiro atoms. The fourth-order valence-electron chi connectivity index (χ4n) is 11.7. The number of para-hydroxylation sites is 1. The summed E-state index contributed by atoms with van der Waals surface area (Å²) >= 11 is 0. The van der Waals surface area contributed by atoms with Crippen LogP contribution in [-0.2, 0) is 56.6 Å². The molecule has 5 aliphatic heterocycles. The Bertz CT molecular complexity index is 2940. The molecule has 7 atom stereocenters. The average Bonchev–Trinajstić information content (AvgIpc) is 3.35. The molecule has 24 heteroatoms. The van der Waals surface area contributed by atoms with E-state index in [0.717, 1.165) is 55.4 Å². The number of halogens is 6. The number of hydrogen-bond donors (Lipinski definition) is 6. The van der Waals surface area contributed by atoms with Crippen molar-refractivity contribution in [1.82, 2.24) is 36.0 Å². The lowest BCUT2D eigenvalue weighted by molar-refractivity contribution is -0.144. The van der Waals surface area contributed by atoms with Crippen molar-refractivity contribution in [2.24, 2.45) is 5.92 Å². The Morgan fingerprint density at radius 3 is 2.25 bits per heavy atom. The smallest absolute Gasteiger partial charge is 0.252 e. The Morgan fingerprint density at radius 1 is 0.843 bits per heavy atom. The number of fused-ring (bicyclic) bond motifs is 2. The van der Waals surface area contributed by atoms with Gasteiger partial charge in [0.05, 0.1) is 37.8 Å². The molecule has 452 valence electrons. The second-order valence-electron chi connectivity index (χ2n) is 22.2. The molecule has 5 aliphatic rings. The van der Waals surface area contributed by atoms with Crippen LogP contribution in [0.25, 0.3) is 0 Å². The first-order valence-corrected chi connectivity index (χ1v) is 27.7. The largest absolute Gasteiger partial charge is 0.381 e. The third-order valence-corrected chi connectivity index (χ3v) is 16.5. The molecule has 3 fully saturated rings. The monoisotopic (exact) mass is 1210 g/mol. The van der Waals surface area contributed by atoms with Crippen molar-refractivity contribution in [1.29, 1.82) is 0 Å². The molecule has 0 aromatic heterocycles. The summed E-state index contributed by atoms with van der Waals surface area (Å²) in [4.78, 5) is 93.4. The molecule has 5 heterocycles. The van der Waals surface area contributed by atoms with E-state index in [1.54, 1.807) is 50.1 Å². The van der Waals surface area contributed by atoms with E-state index < -0.39 is 76.9 Å². The Balaban J connectivity index is 0.00000369. The number of nitrogens with zero attached hydrogens (tertiary/aromatic N) is 4. The fraction of sp³-hybridized carbons (Fsp3) is 0.492. The summed E-state index contributed by atoms with van der Waals surface area (Å²) in [7, 11) is 1.61. The molecule has 4 aromatic rings. The number of benzene rings is 4. The number of carbonyl (C=O) groups excluding carboxylic acids is 6. The molecule has 9 rings (SSSR count). The molecule has 0 bridgehead atoms. The lowest BCUT2D eigenvalue weighted by Crippen LogP contribution is -2.59. The lowest BCUT2D eigenvalue weighted by atomic mass is 9.83. The number of nitrogens with one attached hydrogen (secondary N) is 6. The molecule has 83 heavy (non-hydrogen) atoms. The maximum absolute atomic E-state index is 15.0. The van der Waals surface area contributed by atoms with Crippen molar-refractivity contribution in [3.05, 3.63) is 124 Å². The van der Waals surface area contributed by atoms with Gasteiger partial charge in [0.15, 0.2) is 0 Å². The van der Waals surface area contributed by atoms with Crippen molar-refractivity contribution in [2.45, 2.75) is 102 Å². The van der Waals surface area contributed by atoms with Gasteiger partial charge in [-0.25, -0.2) is 13.2 Å². The first kappa shape index (κ1) is 66.3. The number of morpholine rings is 1. The van der Waals surface area contributed by atoms with Crippen LogP contribution in [-0.4, -0.2) is 160 Å². The van der Waals surface area contributed by atoms with Crippen LogP contribution in [0, 0.1) is 23.4 Å². The van der Waals surface area contributed by atoms with Crippen LogP contribution in [0.15, 0.2) is 78.9 Å². The van der Waals surface area contributed by atoms with Gasteiger partial charge in [-0.15, -0.1) is 37.2 Å². The molecule has 6 amide bonds. The van der Waals surface area contributed by atoms with E-state index in [9.17, 15) is 33.2 Å². The molecule has 0 saturated carbocycles. The number of likely N-dealkylation sites (N-methyl/N-ethyl adjacent to an activating group) is 1. The highest BCUT2D eigenvalue weighted by molar-refractivity contribution is 6.05. The summed E-state index contributed by atoms with van der Waals surface area (Å²) in [5.41, 5.74) is 1.88. The summed E-state index contributed by atoms with van der Waals surface area (Å²) in [6.07, 6.45) is 2.20. The maximum Gasteiger partial charge on any atom is 0.252 e. The first-order chi connectivity index (χ1) is 38.4. The van der Waals surface area contributed by atoms with E-state index in [-0.39, 0.29) is 97.8 Å². The number of carbonyl (C=O) groups is 6. The molecular formula is C59H76Cl3F3N10O8. The third-order valence-electron chi connectivity index (χ3n) is 16.5. The summed E-state index contributed by atoms with van der Waals surface area (Å²) in [6, 6.07) is 17.1. The Hall–Kier alpha value is -5.88. The van der Waals surface area contributed by atoms with Crippen LogP contribution in [0.5, 0.6) is 0 Å². The van der Waals surface area contributed by atoms with Crippen LogP contribution < -0.4 is 36.8 Å². The zero-order valence-electron chi connectivity index (χ0n) is 47.3. The van der Waals surface area contributed by atoms with Crippen molar-refractivity contribution in [2.75, 3.05) is 94.8 Å². The molecular weight excluding hydrogens is 1140 g/mol. The molecule has 0 aliphatic carbocycles. The maximum atomic E-state index is 15.0. The minimum Gasteiger partial charge on any atom is -0.381 e. The van der Waals surface area contributed by atoms with Gasteiger partial charge in [-0.2, -0.15) is 0 Å². The SMILES string of the molecule is CNC(C)C(=O)NC(C(=O)N1Cc2ccc(NC(=O)CNC(=O)[C@@]3(C)CN(C(=O)CN4C[C@@H](C)NC[C@H]4CCN4CCOC[C@H]4C)c4cc(Cc5ccc(F)cc5)ccc43)cc2[C@H]1C(=O)Nc1c(F)cccc1F)C1CCOCC1.Cl.Cl.Cl. The lowest BCUT2D eigenvalue weighted by Gasteiger charge is -2.41. The summed E-state index contributed by atoms with van der Waals surface area (Å²) in [5.74, 6) is -6.03. The Morgan fingerprint density at radius 2 is 1.55 bits per heavy atom. The Labute approximate surface area is 501 Å². The van der Waals surface area contributed by atoms with Crippen LogP contribution in [0.2, 0.25) is 0 Å². The van der Waals surface area contributed by atoms with Gasteiger partial charge in [0.2, 0.25) is 29.5 Å². The van der Waals surface area contributed by atoms with Crippen LogP contribution in [0.1, 0.15) is 80.8 Å². The van der Waals surface area contributed by atoms with E-state index >= 15 is 8.78 Å². The number of piperazine rings is 1. The van der Waals surface area contributed by atoms with Crippen LogP contribution in [0.4, 0.5) is 30.2 Å². The topological polar surface area (TPSA) is 206 Å². The molecule has 2 unspecified atom stereocenters. The van der Waals surface area contributed by atoms with Gasteiger partial charge in [-0.1, -0.05) is 36.4 Å². The van der Waals surface area contributed by atoms with Crippen molar-refractivity contribution < 1.29 is 51.4 Å². The molecule has 18 nitrogen and oxygen atoms in total. The zero-order chi connectivity index (χ0) is 56.8. The molecule has 4 aromatic carbocycles. The minimum atomic E-state index is -1.46. The van der Waals surface area contributed by atoms with E-state index in [0.29, 0.717) is 75.1 Å². The fourth-order valence-corrected chi connectivity index (χ4v) is 11.7. The predicted molar refractivity (Wildman–Crippen MR) is 317 cm³/mol. The van der Waals surface area contributed by atoms with Gasteiger partial charge in [-0.05, 0) is 137 Å². The number of hydrogen-bond acceptors (Lipinski definition) is 12. The number of amides is 6. The highest BCUT2D eigenvalue weighted by atomic mass is 35.5. The van der Waals surface area contributed by atoms with E-state index in [1.807, 2.05) is 18.2 Å². The molecule has 3 saturated heterocycles. The van der Waals surface area contributed by atoms with Gasteiger partial charge < -0.3 is 51.2 Å². The zero-order valence-corrected chi connectivity index (χ0v) is 49.7. The molecule has 6 N–H and O–H groups in total. The second-order valence-corrected chi connectivity index (χ2v) is 22.2. The van der Waals surface area contributed by atoms with Gasteiger partial charge in [0, 0.05) is 82.0 Å². The predicted octanol–water partition coefficient (Wildman–Crippen LogP) is 5.63. The van der Waals surface area contributed by atoms with Gasteiger partial charge in [0.1, 0.15) is 35.2 Å². The van der Waals surface area contributed by atoms with Gasteiger partial charge in [-0.3, -0.25) is 38.6 Å². The van der Waals surface area contributed by atoms with E-state index in [2.05, 4.69) is 55.5 Å². The van der Waals surface area contributed by atoms with Crippen molar-refractivity contribution in [3.63, 3.8) is 0 Å². The van der Waals surface area contributed by atoms with Gasteiger partial charge in [0.25, 0.3) is 5.91 Å². The minimum absolute atomic E-state index is 0. The highest BCUT2D eigenvalue weighted by Gasteiger charge is 2.48. The van der Waals surface area contributed by atoms with Gasteiger partial charge >= 0.3 is 0 Å². The molecule has 0 radical (unpaired) electrons. The average molecular weight is 1220 g/mol. The van der Waals surface area contributed by atoms with E-state index in [1.165, 1.54) is 23.1 Å². The van der Waals surface area contributed by atoms with Crippen LogP contribution >= 0.6 is 37.2 Å². The highest BCUT2D eigenvalue weighted by Crippen LogP contribution is 2.43. The summed E-state index contributed by atoms with van der Waals surface area (Å²) in [6.45, 7) is 12.3. The number of rotatable bonds is 18. The second kappa shape index (κ2) is 29.3. The van der Waals surface area contributed by atoms with E-state index in [4.69, 9.17) is 9.47 Å². The van der Waals surface area contributed by atoms with Crippen LogP contribution in [0.3, 0.4) is 0 Å². The summed E-state index contributed by atoms with van der Waals surface area (Å²) < 4.78 is 55.2. The quantitative estimate of drug-likeness (QED) is 0.0717. The standard InChI is InChI=1S/C59H73F3N10O8.3ClH/c1-35-30-70(44(28-64-35)17-20-69-21-24-80-33-36(69)2)32-51(74)72-34-59(4,46-16-11-39(26-49(46)72)25-38-9-13-42(60)14-10-38)58(78)65-29-50(73)66-43-15-12-41-31-71(54(45(41)27-43)56(76)68-53-47(61)7-6-8-48(53)62)57(77)52(40-18-22-79-23-19-40)67-55(75)37(3)63-5;;;/h6-16,26-27,35-37,40,44,52,54,63-64H,17-25,28-34H2,1-5H3,(H,65,78)(H,66,73)(H,67,75)(H,68,76);3*1H/t35-,36-,37?,44-,52?,54+,59+;;;/m1.../s1. The third kappa shape index (κ3) is 15.3. The van der Waals surface area contributed by atoms with Crippen molar-refractivity contribution >= 4 is 89.7 Å².